The van der Waals surface area contributed by atoms with Gasteiger partial charge < -0.3 is 0 Å². The molecule has 0 atom stereocenters. The number of hydrogen-bond acceptors (Lipinski definition) is 4. The van der Waals surface area contributed by atoms with Gasteiger partial charge in [0.25, 0.3) is 0 Å². The molecule has 20 heavy (non-hydrogen) atoms. The van der Waals surface area contributed by atoms with Crippen LogP contribution in [0.1, 0.15) is 11.3 Å². The maximum atomic E-state index is 12.4. The van der Waals surface area contributed by atoms with Crippen LogP contribution in [0.3, 0.4) is 0 Å². The Morgan fingerprint density at radius 1 is 1.35 bits per heavy atom. The molecule has 0 fully saturated rings. The van der Waals surface area contributed by atoms with Crippen LogP contribution in [0.15, 0.2) is 46.3 Å². The van der Waals surface area contributed by atoms with Gasteiger partial charge in [0.05, 0.1) is 10.6 Å². The van der Waals surface area contributed by atoms with Gasteiger partial charge in [-0.15, -0.1) is 0 Å². The molecular formula is C14H13N3O2S. The second-order valence-electron chi connectivity index (χ2n) is 4.28. The van der Waals surface area contributed by atoms with Crippen molar-refractivity contribution in [2.24, 2.45) is 7.05 Å². The summed E-state index contributed by atoms with van der Waals surface area (Å²) < 4.78 is 26.3. The lowest BCUT2D eigenvalue weighted by Gasteiger charge is -2.02. The van der Waals surface area contributed by atoms with E-state index in [0.29, 0.717) is 11.3 Å². The zero-order valence-corrected chi connectivity index (χ0v) is 11.9. The molecule has 0 spiro atoms. The summed E-state index contributed by atoms with van der Waals surface area (Å²) in [5, 5.41) is 13.3. The minimum atomic E-state index is -3.79. The highest BCUT2D eigenvalue weighted by atomic mass is 32.2. The van der Waals surface area contributed by atoms with E-state index in [0.717, 1.165) is 0 Å². The third-order valence-electron chi connectivity index (χ3n) is 2.79. The van der Waals surface area contributed by atoms with Crippen molar-refractivity contribution < 1.29 is 8.42 Å². The molecule has 0 unspecified atom stereocenters. The summed E-state index contributed by atoms with van der Waals surface area (Å²) >= 11 is 0. The Morgan fingerprint density at radius 2 is 2.00 bits per heavy atom. The lowest BCUT2D eigenvalue weighted by Crippen LogP contribution is -2.03. The third-order valence-corrected chi connectivity index (χ3v) is 4.47. The highest BCUT2D eigenvalue weighted by Gasteiger charge is 2.20. The number of aromatic nitrogens is 2. The second-order valence-corrected chi connectivity index (χ2v) is 6.20. The van der Waals surface area contributed by atoms with E-state index in [1.165, 1.54) is 18.2 Å². The van der Waals surface area contributed by atoms with Crippen LogP contribution >= 0.6 is 0 Å². The number of aryl methyl sites for hydroxylation is 2. The van der Waals surface area contributed by atoms with Gasteiger partial charge in [0.2, 0.25) is 9.84 Å². The number of nitriles is 1. The summed E-state index contributed by atoms with van der Waals surface area (Å²) in [4.78, 5) is -0.186. The monoisotopic (exact) mass is 287 g/mol. The Balaban J connectivity index is 2.54. The van der Waals surface area contributed by atoms with E-state index in [1.54, 1.807) is 49.1 Å². The lowest BCUT2D eigenvalue weighted by atomic mass is 10.2. The van der Waals surface area contributed by atoms with Crippen molar-refractivity contribution in [3.05, 3.63) is 52.7 Å². The normalized spacial score (nSPS) is 12.2. The SMILES string of the molecule is Cc1nn(C)cc1/C=C(\C#N)S(=O)(=O)c1ccccc1. The summed E-state index contributed by atoms with van der Waals surface area (Å²) in [6.07, 6.45) is 3.03. The molecule has 1 aromatic heterocycles. The molecular weight excluding hydrogens is 274 g/mol. The van der Waals surface area contributed by atoms with Gasteiger partial charge >= 0.3 is 0 Å². The van der Waals surface area contributed by atoms with E-state index >= 15 is 0 Å². The molecule has 0 amide bonds. The van der Waals surface area contributed by atoms with Crippen LogP contribution in [0.25, 0.3) is 6.08 Å². The molecule has 102 valence electrons. The fraction of sp³-hybridized carbons (Fsp3) is 0.143. The van der Waals surface area contributed by atoms with E-state index in [-0.39, 0.29) is 9.80 Å². The van der Waals surface area contributed by atoms with Gasteiger partial charge in [-0.1, -0.05) is 18.2 Å². The highest BCUT2D eigenvalue weighted by molar-refractivity contribution is 7.95. The van der Waals surface area contributed by atoms with Crippen molar-refractivity contribution in [2.75, 3.05) is 0 Å². The van der Waals surface area contributed by atoms with Crippen molar-refractivity contribution in [3.63, 3.8) is 0 Å². The molecule has 0 saturated carbocycles. The molecule has 2 aromatic rings. The second kappa shape index (κ2) is 5.31. The number of benzene rings is 1. The summed E-state index contributed by atoms with van der Waals surface area (Å²) in [6, 6.07) is 9.67. The molecule has 6 heteroatoms. The van der Waals surface area contributed by atoms with E-state index in [9.17, 15) is 8.42 Å². The first-order chi connectivity index (χ1) is 9.45. The smallest absolute Gasteiger partial charge is 0.216 e. The zero-order chi connectivity index (χ0) is 14.8. The molecule has 0 bridgehead atoms. The number of nitrogens with zero attached hydrogens (tertiary/aromatic N) is 3. The largest absolute Gasteiger partial charge is 0.275 e. The first-order valence-electron chi connectivity index (χ1n) is 5.87. The Labute approximate surface area is 117 Å². The number of allylic oxidation sites excluding steroid dienone is 1. The first kappa shape index (κ1) is 14.0. The van der Waals surface area contributed by atoms with Gasteiger partial charge in [-0.05, 0) is 25.1 Å². The number of hydrogen-bond donors (Lipinski definition) is 0. The van der Waals surface area contributed by atoms with Gasteiger partial charge in [0.15, 0.2) is 0 Å². The van der Waals surface area contributed by atoms with Crippen LogP contribution in [0.2, 0.25) is 0 Å². The molecule has 1 heterocycles. The third kappa shape index (κ3) is 2.63. The standard InChI is InChI=1S/C14H13N3O2S/c1-11-12(10-17(2)16-11)8-14(9-15)20(18,19)13-6-4-3-5-7-13/h3-8,10H,1-2H3/b14-8+. The fourth-order valence-corrected chi connectivity index (χ4v) is 2.97. The van der Waals surface area contributed by atoms with Gasteiger partial charge in [-0.3, -0.25) is 4.68 Å². The van der Waals surface area contributed by atoms with E-state index < -0.39 is 9.84 Å². The van der Waals surface area contributed by atoms with Crippen LogP contribution in [0.5, 0.6) is 0 Å². The predicted molar refractivity (Wildman–Crippen MR) is 75.2 cm³/mol. The Morgan fingerprint density at radius 3 is 2.50 bits per heavy atom. The molecule has 1 aromatic carbocycles. The van der Waals surface area contributed by atoms with Crippen LogP contribution in [0, 0.1) is 18.3 Å². The summed E-state index contributed by atoms with van der Waals surface area (Å²) in [5.74, 6) is 0. The first-order valence-corrected chi connectivity index (χ1v) is 7.35. The number of rotatable bonds is 3. The molecule has 0 radical (unpaired) electrons. The minimum absolute atomic E-state index is 0.106. The van der Waals surface area contributed by atoms with E-state index in [1.807, 2.05) is 0 Å². The zero-order valence-electron chi connectivity index (χ0n) is 11.1. The van der Waals surface area contributed by atoms with Crippen molar-refractivity contribution >= 4 is 15.9 Å². The highest BCUT2D eigenvalue weighted by Crippen LogP contribution is 2.21. The van der Waals surface area contributed by atoms with Gasteiger partial charge in [-0.2, -0.15) is 10.4 Å². The van der Waals surface area contributed by atoms with Crippen molar-refractivity contribution in [3.8, 4) is 6.07 Å². The average molecular weight is 287 g/mol. The van der Waals surface area contributed by atoms with Crippen molar-refractivity contribution in [2.45, 2.75) is 11.8 Å². The predicted octanol–water partition coefficient (Wildman–Crippen LogP) is 2.07. The van der Waals surface area contributed by atoms with Crippen molar-refractivity contribution in [1.29, 1.82) is 5.26 Å². The van der Waals surface area contributed by atoms with Crippen LogP contribution < -0.4 is 0 Å². The van der Waals surface area contributed by atoms with Crippen LogP contribution in [0.4, 0.5) is 0 Å². The lowest BCUT2D eigenvalue weighted by molar-refractivity contribution is 0.603. The molecule has 0 aliphatic rings. The maximum Gasteiger partial charge on any atom is 0.216 e. The fourth-order valence-electron chi connectivity index (χ4n) is 1.80. The van der Waals surface area contributed by atoms with Gasteiger partial charge in [0, 0.05) is 18.8 Å². The summed E-state index contributed by atoms with van der Waals surface area (Å²) in [5.41, 5.74) is 1.28. The van der Waals surface area contributed by atoms with Gasteiger partial charge in [0.1, 0.15) is 11.0 Å². The summed E-state index contributed by atoms with van der Waals surface area (Å²) in [7, 11) is -2.06. The maximum absolute atomic E-state index is 12.4. The molecule has 0 N–H and O–H groups in total. The quantitative estimate of drug-likeness (QED) is 0.810. The van der Waals surface area contributed by atoms with Crippen molar-refractivity contribution in [1.82, 2.24) is 9.78 Å². The number of sulfone groups is 1. The Kier molecular flexibility index (Phi) is 3.72. The Hall–Kier alpha value is -2.39. The van der Waals surface area contributed by atoms with E-state index in [2.05, 4.69) is 5.10 Å². The topological polar surface area (TPSA) is 75.8 Å². The Bertz CT molecular complexity index is 797. The molecule has 0 aliphatic carbocycles. The molecule has 0 aliphatic heterocycles. The molecule has 0 saturated heterocycles. The van der Waals surface area contributed by atoms with Crippen LogP contribution in [-0.4, -0.2) is 18.2 Å². The van der Waals surface area contributed by atoms with Crippen LogP contribution in [-0.2, 0) is 16.9 Å². The minimum Gasteiger partial charge on any atom is -0.275 e. The molecule has 2 rings (SSSR count). The average Bonchev–Trinajstić information content (AvgIpc) is 2.75. The van der Waals surface area contributed by atoms with Gasteiger partial charge in [-0.25, -0.2) is 8.42 Å². The molecule has 5 nitrogen and oxygen atoms in total. The van der Waals surface area contributed by atoms with E-state index in [4.69, 9.17) is 5.26 Å². The summed E-state index contributed by atoms with van der Waals surface area (Å²) in [6.45, 7) is 1.76.